The summed E-state index contributed by atoms with van der Waals surface area (Å²) in [6, 6.07) is 18.5. The van der Waals surface area contributed by atoms with Gasteiger partial charge in [-0.15, -0.1) is 11.3 Å². The molecule has 2 heterocycles. The Morgan fingerprint density at radius 2 is 1.63 bits per heavy atom. The highest BCUT2D eigenvalue weighted by Gasteiger charge is 2.39. The summed E-state index contributed by atoms with van der Waals surface area (Å²) in [6.07, 6.45) is 0. The molecule has 0 radical (unpaired) electrons. The van der Waals surface area contributed by atoms with Gasteiger partial charge in [-0.25, -0.2) is 9.88 Å². The standard InChI is InChI=1S/C27H17Cl3N4O3S/c1-14-2-11-19(12-20(14)29)34-25(36)22(30)23(26(34)37)31-18-9-5-16(6-10-18)24(35)33-27-32-21(13-38-27)15-3-7-17(28)8-4-15/h2-13,31H,1H3,(H,32,33,35). The fourth-order valence-electron chi connectivity index (χ4n) is 3.67. The van der Waals surface area contributed by atoms with Crippen LogP contribution >= 0.6 is 46.1 Å². The minimum atomic E-state index is -0.656. The summed E-state index contributed by atoms with van der Waals surface area (Å²) >= 11 is 19.6. The number of benzene rings is 3. The Morgan fingerprint density at radius 1 is 0.921 bits per heavy atom. The number of rotatable bonds is 6. The molecule has 0 saturated carbocycles. The summed E-state index contributed by atoms with van der Waals surface area (Å²) < 4.78 is 0. The van der Waals surface area contributed by atoms with Gasteiger partial charge in [-0.2, -0.15) is 0 Å². The van der Waals surface area contributed by atoms with Gasteiger partial charge in [0.1, 0.15) is 10.7 Å². The molecule has 38 heavy (non-hydrogen) atoms. The number of amides is 3. The van der Waals surface area contributed by atoms with E-state index in [1.54, 1.807) is 48.5 Å². The Morgan fingerprint density at radius 3 is 2.32 bits per heavy atom. The van der Waals surface area contributed by atoms with Crippen molar-refractivity contribution in [2.75, 3.05) is 15.5 Å². The molecule has 0 spiro atoms. The topological polar surface area (TPSA) is 91.4 Å². The van der Waals surface area contributed by atoms with Crippen LogP contribution in [0.5, 0.6) is 0 Å². The average molecular weight is 584 g/mol. The van der Waals surface area contributed by atoms with Crippen LogP contribution in [-0.4, -0.2) is 22.7 Å². The number of halogens is 3. The van der Waals surface area contributed by atoms with Crippen LogP contribution in [0.25, 0.3) is 11.3 Å². The van der Waals surface area contributed by atoms with Gasteiger partial charge in [0, 0.05) is 32.2 Å². The maximum absolute atomic E-state index is 13.0. The number of carbonyl (C=O) groups excluding carboxylic acids is 3. The quantitative estimate of drug-likeness (QED) is 0.236. The van der Waals surface area contributed by atoms with Crippen molar-refractivity contribution in [1.29, 1.82) is 0 Å². The number of imide groups is 1. The first-order valence-corrected chi connectivity index (χ1v) is 13.2. The number of anilines is 3. The second-order valence-corrected chi connectivity index (χ2v) is 10.3. The fourth-order valence-corrected chi connectivity index (χ4v) is 4.90. The van der Waals surface area contributed by atoms with Crippen molar-refractivity contribution in [2.24, 2.45) is 0 Å². The zero-order chi connectivity index (χ0) is 27.0. The molecule has 0 bridgehead atoms. The van der Waals surface area contributed by atoms with Crippen LogP contribution in [0.3, 0.4) is 0 Å². The summed E-state index contributed by atoms with van der Waals surface area (Å²) in [6.45, 7) is 1.82. The molecule has 3 aromatic carbocycles. The van der Waals surface area contributed by atoms with E-state index in [-0.39, 0.29) is 16.6 Å². The lowest BCUT2D eigenvalue weighted by Gasteiger charge is -2.16. The van der Waals surface area contributed by atoms with Crippen LogP contribution in [0, 0.1) is 6.92 Å². The van der Waals surface area contributed by atoms with Gasteiger partial charge in [0.2, 0.25) is 0 Å². The summed E-state index contributed by atoms with van der Waals surface area (Å²) in [5, 5.41) is 8.78. The van der Waals surface area contributed by atoms with Gasteiger partial charge in [0.15, 0.2) is 5.13 Å². The predicted molar refractivity (Wildman–Crippen MR) is 152 cm³/mol. The van der Waals surface area contributed by atoms with Crippen molar-refractivity contribution in [1.82, 2.24) is 4.98 Å². The van der Waals surface area contributed by atoms with Crippen LogP contribution in [0.15, 0.2) is 82.8 Å². The largest absolute Gasteiger partial charge is 0.350 e. The minimum absolute atomic E-state index is 0.0666. The number of nitrogens with zero attached hydrogens (tertiary/aromatic N) is 2. The van der Waals surface area contributed by atoms with Gasteiger partial charge >= 0.3 is 0 Å². The molecule has 190 valence electrons. The van der Waals surface area contributed by atoms with E-state index in [2.05, 4.69) is 15.6 Å². The van der Waals surface area contributed by atoms with Crippen molar-refractivity contribution in [3.63, 3.8) is 0 Å². The molecule has 2 N–H and O–H groups in total. The summed E-state index contributed by atoms with van der Waals surface area (Å²) in [5.74, 6) is -1.61. The predicted octanol–water partition coefficient (Wildman–Crippen LogP) is 7.11. The van der Waals surface area contributed by atoms with Crippen LogP contribution in [0.4, 0.5) is 16.5 Å². The first-order chi connectivity index (χ1) is 18.2. The van der Waals surface area contributed by atoms with Crippen LogP contribution in [-0.2, 0) is 9.59 Å². The van der Waals surface area contributed by atoms with Crippen LogP contribution in [0.2, 0.25) is 10.0 Å². The molecule has 1 aliphatic rings. The number of aryl methyl sites for hydroxylation is 1. The van der Waals surface area contributed by atoms with Gasteiger partial charge in [-0.1, -0.05) is 53.0 Å². The highest BCUT2D eigenvalue weighted by atomic mass is 35.5. The third-order valence-electron chi connectivity index (χ3n) is 5.72. The monoisotopic (exact) mass is 582 g/mol. The van der Waals surface area contributed by atoms with E-state index in [1.807, 2.05) is 24.4 Å². The Bertz CT molecular complexity index is 1620. The van der Waals surface area contributed by atoms with Crippen molar-refractivity contribution in [3.8, 4) is 11.3 Å². The molecule has 7 nitrogen and oxygen atoms in total. The van der Waals surface area contributed by atoms with Crippen molar-refractivity contribution in [2.45, 2.75) is 6.92 Å². The molecule has 1 aromatic heterocycles. The van der Waals surface area contributed by atoms with Crippen LogP contribution < -0.4 is 15.5 Å². The van der Waals surface area contributed by atoms with Gasteiger partial charge < -0.3 is 5.32 Å². The Hall–Kier alpha value is -3.69. The second kappa shape index (κ2) is 10.6. The highest BCUT2D eigenvalue weighted by Crippen LogP contribution is 2.32. The van der Waals surface area contributed by atoms with E-state index < -0.39 is 11.8 Å². The molecule has 3 amide bonds. The molecule has 4 aromatic rings. The van der Waals surface area contributed by atoms with E-state index in [0.717, 1.165) is 21.7 Å². The highest BCUT2D eigenvalue weighted by molar-refractivity contribution is 7.14. The third-order valence-corrected chi connectivity index (χ3v) is 7.49. The minimum Gasteiger partial charge on any atom is -0.350 e. The summed E-state index contributed by atoms with van der Waals surface area (Å²) in [4.78, 5) is 43.9. The number of aromatic nitrogens is 1. The molecule has 5 rings (SSSR count). The SMILES string of the molecule is Cc1ccc(N2C(=O)C(Cl)=C(Nc3ccc(C(=O)Nc4nc(-c5ccc(Cl)cc5)cs4)cc3)C2=O)cc1Cl. The molecular weight excluding hydrogens is 567 g/mol. The lowest BCUT2D eigenvalue weighted by molar-refractivity contribution is -0.120. The van der Waals surface area contributed by atoms with Gasteiger partial charge in [0.25, 0.3) is 17.7 Å². The fraction of sp³-hybridized carbons (Fsp3) is 0.0370. The van der Waals surface area contributed by atoms with Gasteiger partial charge in [-0.3, -0.25) is 19.7 Å². The first kappa shape index (κ1) is 25.9. The van der Waals surface area contributed by atoms with E-state index in [9.17, 15) is 14.4 Å². The maximum atomic E-state index is 13.0. The van der Waals surface area contributed by atoms with Crippen molar-refractivity contribution in [3.05, 3.63) is 104 Å². The van der Waals surface area contributed by atoms with E-state index in [0.29, 0.717) is 32.1 Å². The molecule has 0 unspecified atom stereocenters. The average Bonchev–Trinajstić information content (AvgIpc) is 3.45. The number of thiazole rings is 1. The number of hydrogen-bond donors (Lipinski definition) is 2. The van der Waals surface area contributed by atoms with E-state index in [4.69, 9.17) is 34.8 Å². The maximum Gasteiger partial charge on any atom is 0.283 e. The van der Waals surface area contributed by atoms with Crippen molar-refractivity contribution >= 4 is 80.4 Å². The van der Waals surface area contributed by atoms with Gasteiger partial charge in [0.05, 0.1) is 11.4 Å². The van der Waals surface area contributed by atoms with Crippen LogP contribution in [0.1, 0.15) is 15.9 Å². The molecule has 11 heteroatoms. The van der Waals surface area contributed by atoms with Gasteiger partial charge in [-0.05, 0) is 61.0 Å². The molecule has 1 aliphatic heterocycles. The Labute approximate surface area is 236 Å². The Balaban J connectivity index is 1.26. The Kier molecular flexibility index (Phi) is 7.23. The molecule has 0 fully saturated rings. The smallest absolute Gasteiger partial charge is 0.283 e. The first-order valence-electron chi connectivity index (χ1n) is 11.2. The summed E-state index contributed by atoms with van der Waals surface area (Å²) in [7, 11) is 0. The lowest BCUT2D eigenvalue weighted by atomic mass is 10.2. The zero-order valence-electron chi connectivity index (χ0n) is 19.6. The molecule has 0 aliphatic carbocycles. The number of nitrogens with one attached hydrogen (secondary N) is 2. The molecule has 0 atom stereocenters. The molecular formula is C27H17Cl3N4O3S. The third kappa shape index (κ3) is 5.16. The summed E-state index contributed by atoms with van der Waals surface area (Å²) in [5.41, 5.74) is 3.53. The zero-order valence-corrected chi connectivity index (χ0v) is 22.7. The lowest BCUT2D eigenvalue weighted by Crippen LogP contribution is -2.32. The van der Waals surface area contributed by atoms with Crippen molar-refractivity contribution < 1.29 is 14.4 Å². The number of hydrogen-bond acceptors (Lipinski definition) is 6. The number of carbonyl (C=O) groups is 3. The van der Waals surface area contributed by atoms with E-state index >= 15 is 0 Å². The molecule has 0 saturated heterocycles. The second-order valence-electron chi connectivity index (χ2n) is 8.27. The van der Waals surface area contributed by atoms with E-state index in [1.165, 1.54) is 17.4 Å². The normalized spacial score (nSPS) is 13.3.